The smallest absolute Gasteiger partial charge is 0.344 e. The molecule has 8 aromatic rings. The van der Waals surface area contributed by atoms with Crippen molar-refractivity contribution in [2.75, 3.05) is 92.2 Å². The van der Waals surface area contributed by atoms with Gasteiger partial charge in [-0.2, -0.15) is 0 Å². The van der Waals surface area contributed by atoms with Crippen LogP contribution >= 0.6 is 0 Å². The Morgan fingerprint density at radius 1 is 0.203 bits per heavy atom. The van der Waals surface area contributed by atoms with Gasteiger partial charge in [-0.05, 0) is 74.2 Å². The van der Waals surface area contributed by atoms with Gasteiger partial charge in [-0.1, -0.05) is 356 Å². The molecule has 0 aliphatic heterocycles. The van der Waals surface area contributed by atoms with E-state index >= 15 is 0 Å². The fourth-order valence-electron chi connectivity index (χ4n) is 15.4. The van der Waals surface area contributed by atoms with Gasteiger partial charge in [0.2, 0.25) is 0 Å². The van der Waals surface area contributed by atoms with Crippen LogP contribution in [0.15, 0.2) is 146 Å². The van der Waals surface area contributed by atoms with Gasteiger partial charge in [0.05, 0.1) is 39.5 Å². The number of amides is 2. The van der Waals surface area contributed by atoms with E-state index in [0.29, 0.717) is 49.4 Å². The Morgan fingerprint density at radius 2 is 0.381 bits per heavy atom. The second-order valence-corrected chi connectivity index (χ2v) is 31.9. The standard InChI is InChI=1S/C102H144N2O14/c1-5-9-13-17-21-25-29-33-37-41-73-109-91-61-45-57-87-83(91)53-49-65-95(87)115-79-99(105)103(71-77-113-101(107)81-117-97-67-51-55-85-89(97)59-47-63-93(85)111-75-43-39-35-31-27-23-19-15-11-7-3)69-70-104(100(106)80-116-96-66-50-54-84-88(96)58-46-62-92(84)110-74-42-38-34-30-26-22-18-14-10-6-2)72-78-114-102(108)82-118-98-68-52-56-86-90(98)60-48-64-94(86)112-76-44-40-36-32-28-24-20-16-12-8-4/h45-68H,5-44,69-82H2,1-4H3. The highest BCUT2D eigenvalue weighted by Crippen LogP contribution is 2.37. The van der Waals surface area contributed by atoms with E-state index in [1.807, 2.05) is 146 Å². The zero-order valence-corrected chi connectivity index (χ0v) is 72.7. The Morgan fingerprint density at radius 3 is 0.585 bits per heavy atom. The second-order valence-electron chi connectivity index (χ2n) is 31.9. The summed E-state index contributed by atoms with van der Waals surface area (Å²) in [6.45, 7) is 9.34. The third-order valence-corrected chi connectivity index (χ3v) is 22.4. The van der Waals surface area contributed by atoms with Crippen LogP contribution in [0.25, 0.3) is 43.1 Å². The van der Waals surface area contributed by atoms with Crippen molar-refractivity contribution in [1.29, 1.82) is 0 Å². The van der Waals surface area contributed by atoms with E-state index in [1.165, 1.54) is 215 Å². The van der Waals surface area contributed by atoms with Crippen molar-refractivity contribution in [3.05, 3.63) is 146 Å². The molecule has 0 unspecified atom stereocenters. The average Bonchev–Trinajstić information content (AvgIpc) is 0.825. The molecule has 0 N–H and O–H groups in total. The topological polar surface area (TPSA) is 167 Å². The number of esters is 2. The summed E-state index contributed by atoms with van der Waals surface area (Å²) in [7, 11) is 0. The van der Waals surface area contributed by atoms with Crippen molar-refractivity contribution in [3.63, 3.8) is 0 Å². The van der Waals surface area contributed by atoms with E-state index in [9.17, 15) is 19.2 Å². The first-order valence-electron chi connectivity index (χ1n) is 46.2. The molecular weight excluding hydrogens is 1480 g/mol. The minimum atomic E-state index is -0.633. The summed E-state index contributed by atoms with van der Waals surface area (Å²) in [5.74, 6) is 2.90. The Labute approximate surface area is 707 Å². The molecule has 0 atom stereocenters. The van der Waals surface area contributed by atoms with Crippen LogP contribution in [0.4, 0.5) is 0 Å². The lowest BCUT2D eigenvalue weighted by molar-refractivity contribution is -0.149. The maximum absolute atomic E-state index is 14.9. The molecule has 0 fully saturated rings. The number of rotatable bonds is 69. The molecule has 8 rings (SSSR count). The molecule has 0 saturated heterocycles. The monoisotopic (exact) mass is 1620 g/mol. The van der Waals surface area contributed by atoms with Crippen LogP contribution in [0.3, 0.4) is 0 Å². The molecule has 0 aromatic heterocycles. The summed E-state index contributed by atoms with van der Waals surface area (Å²) >= 11 is 0. The van der Waals surface area contributed by atoms with Crippen LogP contribution in [0.1, 0.15) is 285 Å². The van der Waals surface area contributed by atoms with E-state index in [-0.39, 0.29) is 65.8 Å². The van der Waals surface area contributed by atoms with Crippen molar-refractivity contribution in [2.24, 2.45) is 0 Å². The third-order valence-electron chi connectivity index (χ3n) is 22.4. The minimum Gasteiger partial charge on any atom is -0.493 e. The van der Waals surface area contributed by atoms with Crippen molar-refractivity contribution in [3.8, 4) is 46.0 Å². The Hall–Kier alpha value is -8.92. The summed E-state index contributed by atoms with van der Waals surface area (Å²) in [5, 5.41) is 6.69. The normalized spacial score (nSPS) is 11.3. The molecule has 0 radical (unpaired) electrons. The van der Waals surface area contributed by atoms with Gasteiger partial charge in [-0.3, -0.25) is 9.59 Å². The molecule has 0 spiro atoms. The Kier molecular flexibility index (Phi) is 47.2. The van der Waals surface area contributed by atoms with E-state index < -0.39 is 23.8 Å². The van der Waals surface area contributed by atoms with Crippen LogP contribution in [0.5, 0.6) is 46.0 Å². The Balaban J connectivity index is 0.934. The molecule has 0 saturated carbocycles. The lowest BCUT2D eigenvalue weighted by Gasteiger charge is -2.28. The molecular formula is C102H144N2O14. The molecule has 0 aliphatic carbocycles. The maximum Gasteiger partial charge on any atom is 0.344 e. The summed E-state index contributed by atoms with van der Waals surface area (Å²) in [6.07, 6.45) is 49.5. The van der Waals surface area contributed by atoms with Crippen molar-refractivity contribution in [1.82, 2.24) is 9.80 Å². The van der Waals surface area contributed by atoms with Gasteiger partial charge in [0.25, 0.3) is 11.8 Å². The molecule has 16 heteroatoms. The first kappa shape index (κ1) is 94.6. The number of unbranched alkanes of at least 4 members (excludes halogenated alkanes) is 36. The maximum atomic E-state index is 14.9. The van der Waals surface area contributed by atoms with Gasteiger partial charge in [0.1, 0.15) is 59.2 Å². The van der Waals surface area contributed by atoms with Crippen LogP contribution in [-0.4, -0.2) is 126 Å². The fraction of sp³-hybridized carbons (Fsp3) is 0.569. The highest BCUT2D eigenvalue weighted by molar-refractivity contribution is 5.96. The van der Waals surface area contributed by atoms with E-state index in [4.69, 9.17) is 47.4 Å². The van der Waals surface area contributed by atoms with Crippen molar-refractivity contribution in [2.45, 2.75) is 285 Å². The summed E-state index contributed by atoms with van der Waals surface area (Å²) in [5.41, 5.74) is 0. The highest BCUT2D eigenvalue weighted by atomic mass is 16.6. The first-order valence-corrected chi connectivity index (χ1v) is 46.2. The number of benzene rings is 8. The van der Waals surface area contributed by atoms with Crippen molar-refractivity contribution >= 4 is 66.8 Å². The van der Waals surface area contributed by atoms with E-state index in [0.717, 1.165) is 117 Å². The van der Waals surface area contributed by atoms with Crippen molar-refractivity contribution < 1.29 is 66.5 Å². The lowest BCUT2D eigenvalue weighted by Crippen LogP contribution is -2.46. The summed E-state index contributed by atoms with van der Waals surface area (Å²) in [6, 6.07) is 46.3. The SMILES string of the molecule is CCCCCCCCCCCCOc1cccc2c(OCC(=O)OCCN(CCN(CCOC(=O)COc3cccc4c(OCCCCCCCCCCCC)cccc34)C(=O)COc3cccc4c(OCCCCCCCCCCCC)cccc34)C(=O)COc3cccc4c(OCCCCCCCCCCCC)cccc34)cccc12. The summed E-state index contributed by atoms with van der Waals surface area (Å²) < 4.78 is 62.4. The molecule has 0 aliphatic rings. The molecule has 0 bridgehead atoms. The van der Waals surface area contributed by atoms with Gasteiger partial charge >= 0.3 is 11.9 Å². The van der Waals surface area contributed by atoms with Gasteiger partial charge in [-0.25, -0.2) is 9.59 Å². The summed E-state index contributed by atoms with van der Waals surface area (Å²) in [4.78, 5) is 60.3. The molecule has 2 amide bonds. The molecule has 16 nitrogen and oxygen atoms in total. The number of ether oxygens (including phenoxy) is 10. The molecule has 118 heavy (non-hydrogen) atoms. The zero-order chi connectivity index (χ0) is 82.9. The predicted octanol–water partition coefficient (Wildman–Crippen LogP) is 25.9. The van der Waals surface area contributed by atoms with Crippen LogP contribution in [0, 0.1) is 0 Å². The molecule has 646 valence electrons. The van der Waals surface area contributed by atoms with Crippen LogP contribution in [0.2, 0.25) is 0 Å². The minimum absolute atomic E-state index is 0.0226. The van der Waals surface area contributed by atoms with Gasteiger partial charge in [0.15, 0.2) is 26.4 Å². The second kappa shape index (κ2) is 58.9. The third kappa shape index (κ3) is 35.6. The van der Waals surface area contributed by atoms with Gasteiger partial charge in [-0.15, -0.1) is 0 Å². The predicted molar refractivity (Wildman–Crippen MR) is 482 cm³/mol. The van der Waals surface area contributed by atoms with E-state index in [2.05, 4.69) is 27.7 Å². The van der Waals surface area contributed by atoms with Crippen LogP contribution < -0.4 is 37.9 Å². The zero-order valence-electron chi connectivity index (χ0n) is 72.7. The number of carbonyl (C=O) groups excluding carboxylic acids is 4. The number of hydrogen-bond acceptors (Lipinski definition) is 14. The number of nitrogens with zero attached hydrogens (tertiary/aromatic N) is 2. The fourth-order valence-corrected chi connectivity index (χ4v) is 15.4. The van der Waals surface area contributed by atoms with Gasteiger partial charge < -0.3 is 57.2 Å². The number of hydrogen-bond donors (Lipinski definition) is 0. The molecule has 8 aromatic carbocycles. The highest BCUT2D eigenvalue weighted by Gasteiger charge is 2.23. The lowest BCUT2D eigenvalue weighted by atomic mass is 10.1. The Bertz CT molecular complexity index is 3840. The number of fused-ring (bicyclic) bond motifs is 4. The van der Waals surface area contributed by atoms with E-state index in [1.54, 1.807) is 0 Å². The first-order chi connectivity index (χ1) is 58.2. The quantitative estimate of drug-likeness (QED) is 0.0261. The number of carbonyl (C=O) groups is 4. The van der Waals surface area contributed by atoms with Crippen LogP contribution in [-0.2, 0) is 28.7 Å². The average molecular weight is 1620 g/mol. The van der Waals surface area contributed by atoms with Gasteiger partial charge in [0, 0.05) is 56.2 Å². The molecule has 0 heterocycles. The largest absolute Gasteiger partial charge is 0.493 e.